The van der Waals surface area contributed by atoms with Crippen LogP contribution in [0.4, 0.5) is 4.39 Å². The lowest BCUT2D eigenvalue weighted by Crippen LogP contribution is -1.85. The number of H-pyrrole nitrogens is 1. The van der Waals surface area contributed by atoms with Gasteiger partial charge in [0.15, 0.2) is 6.29 Å². The average molecular weight is 189 g/mol. The topological polar surface area (TPSA) is 69.5 Å². The number of carbonyl (C=O) groups excluding carboxylic acids is 1. The highest BCUT2D eigenvalue weighted by Crippen LogP contribution is 2.20. The molecular formula is C9H4FN3O. The van der Waals surface area contributed by atoms with Gasteiger partial charge in [-0.15, -0.1) is 0 Å². The monoisotopic (exact) mass is 189 g/mol. The van der Waals surface area contributed by atoms with Crippen molar-refractivity contribution in [3.63, 3.8) is 0 Å². The fraction of sp³-hybridized carbons (Fsp3) is 0. The van der Waals surface area contributed by atoms with Crippen molar-refractivity contribution in [1.82, 2.24) is 10.2 Å². The molecule has 1 aromatic heterocycles. The summed E-state index contributed by atoms with van der Waals surface area (Å²) in [6, 6.07) is 4.26. The Morgan fingerprint density at radius 3 is 3.00 bits per heavy atom. The number of hydrogen-bond donors (Lipinski definition) is 1. The molecule has 0 atom stereocenters. The van der Waals surface area contributed by atoms with Crippen LogP contribution >= 0.6 is 0 Å². The predicted molar refractivity (Wildman–Crippen MR) is 46.2 cm³/mol. The van der Waals surface area contributed by atoms with E-state index in [9.17, 15) is 9.18 Å². The Hall–Kier alpha value is -2.22. The minimum Gasteiger partial charge on any atom is -0.296 e. The smallest absolute Gasteiger partial charge is 0.168 e. The third kappa shape index (κ3) is 0.977. The van der Waals surface area contributed by atoms with Crippen LogP contribution < -0.4 is 0 Å². The molecule has 0 unspecified atom stereocenters. The second kappa shape index (κ2) is 2.92. The van der Waals surface area contributed by atoms with Crippen molar-refractivity contribution in [2.45, 2.75) is 0 Å². The number of aldehydes is 1. The fourth-order valence-corrected chi connectivity index (χ4v) is 1.27. The van der Waals surface area contributed by atoms with Gasteiger partial charge in [-0.05, 0) is 12.1 Å². The average Bonchev–Trinajstić information content (AvgIpc) is 2.60. The van der Waals surface area contributed by atoms with Crippen LogP contribution in [-0.2, 0) is 0 Å². The maximum Gasteiger partial charge on any atom is 0.168 e. The Labute approximate surface area is 78.0 Å². The number of aromatic amines is 1. The number of nitriles is 1. The Morgan fingerprint density at radius 1 is 1.57 bits per heavy atom. The molecule has 5 heteroatoms. The molecule has 0 aliphatic carbocycles. The summed E-state index contributed by atoms with van der Waals surface area (Å²) in [5.41, 5.74) is 0.290. The molecule has 14 heavy (non-hydrogen) atoms. The first-order valence-electron chi connectivity index (χ1n) is 3.79. The van der Waals surface area contributed by atoms with Gasteiger partial charge in [-0.2, -0.15) is 10.4 Å². The maximum atomic E-state index is 13.1. The van der Waals surface area contributed by atoms with Crippen molar-refractivity contribution >= 4 is 17.2 Å². The lowest BCUT2D eigenvalue weighted by atomic mass is 10.1. The zero-order valence-electron chi connectivity index (χ0n) is 6.91. The van der Waals surface area contributed by atoms with E-state index in [0.717, 1.165) is 6.07 Å². The van der Waals surface area contributed by atoms with Gasteiger partial charge in [0.2, 0.25) is 0 Å². The summed E-state index contributed by atoms with van der Waals surface area (Å²) in [7, 11) is 0. The van der Waals surface area contributed by atoms with Crippen LogP contribution in [0.25, 0.3) is 10.9 Å². The van der Waals surface area contributed by atoms with Crippen LogP contribution in [0.15, 0.2) is 12.1 Å². The van der Waals surface area contributed by atoms with E-state index >= 15 is 0 Å². The third-order valence-corrected chi connectivity index (χ3v) is 1.94. The zero-order valence-corrected chi connectivity index (χ0v) is 6.91. The molecule has 0 aliphatic heterocycles. The number of nitrogens with zero attached hydrogens (tertiary/aromatic N) is 2. The van der Waals surface area contributed by atoms with E-state index in [1.54, 1.807) is 6.07 Å². The van der Waals surface area contributed by atoms with Gasteiger partial charge >= 0.3 is 0 Å². The molecule has 0 fully saturated rings. The summed E-state index contributed by atoms with van der Waals surface area (Å²) in [6.45, 7) is 0. The normalized spacial score (nSPS) is 10.0. The molecule has 2 rings (SSSR count). The second-order valence-electron chi connectivity index (χ2n) is 2.69. The number of fused-ring (bicyclic) bond motifs is 1. The van der Waals surface area contributed by atoms with Crippen molar-refractivity contribution < 1.29 is 9.18 Å². The molecule has 0 saturated heterocycles. The Bertz CT molecular complexity index is 553. The number of benzene rings is 1. The largest absolute Gasteiger partial charge is 0.296 e. The van der Waals surface area contributed by atoms with Crippen LogP contribution in [0.3, 0.4) is 0 Å². The van der Waals surface area contributed by atoms with Gasteiger partial charge < -0.3 is 0 Å². The molecule has 0 amide bonds. The first kappa shape index (κ1) is 8.38. The van der Waals surface area contributed by atoms with E-state index in [-0.39, 0.29) is 16.8 Å². The minimum atomic E-state index is -0.635. The lowest BCUT2D eigenvalue weighted by Gasteiger charge is -1.93. The van der Waals surface area contributed by atoms with E-state index in [4.69, 9.17) is 5.26 Å². The first-order valence-corrected chi connectivity index (χ1v) is 3.79. The van der Waals surface area contributed by atoms with Crippen molar-refractivity contribution in [2.75, 3.05) is 0 Å². The SMILES string of the molecule is N#Cc1c(F)ccc2c(C=O)[nH]nc12. The number of halogens is 1. The van der Waals surface area contributed by atoms with Crippen LogP contribution in [0.1, 0.15) is 16.1 Å². The summed E-state index contributed by atoms with van der Waals surface area (Å²) in [4.78, 5) is 10.5. The molecule has 4 nitrogen and oxygen atoms in total. The van der Waals surface area contributed by atoms with Gasteiger partial charge in [0.05, 0.1) is 0 Å². The quantitative estimate of drug-likeness (QED) is 0.689. The minimum absolute atomic E-state index is 0.146. The summed E-state index contributed by atoms with van der Waals surface area (Å²) in [5.74, 6) is -0.635. The molecule has 0 radical (unpaired) electrons. The third-order valence-electron chi connectivity index (χ3n) is 1.94. The Morgan fingerprint density at radius 2 is 2.36 bits per heavy atom. The highest BCUT2D eigenvalue weighted by Gasteiger charge is 2.12. The van der Waals surface area contributed by atoms with Crippen LogP contribution in [0.5, 0.6) is 0 Å². The molecule has 2 aromatic rings. The molecule has 68 valence electrons. The van der Waals surface area contributed by atoms with Crippen molar-refractivity contribution in [3.8, 4) is 6.07 Å². The van der Waals surface area contributed by atoms with Crippen LogP contribution in [0, 0.1) is 17.1 Å². The summed E-state index contributed by atoms with van der Waals surface area (Å²) in [5, 5.41) is 15.3. The lowest BCUT2D eigenvalue weighted by molar-refractivity contribution is 0.112. The highest BCUT2D eigenvalue weighted by atomic mass is 19.1. The highest BCUT2D eigenvalue weighted by molar-refractivity contribution is 5.97. The zero-order chi connectivity index (χ0) is 10.1. The fourth-order valence-electron chi connectivity index (χ4n) is 1.27. The van der Waals surface area contributed by atoms with E-state index in [1.165, 1.54) is 6.07 Å². The van der Waals surface area contributed by atoms with Crippen molar-refractivity contribution in [2.24, 2.45) is 0 Å². The number of hydrogen-bond acceptors (Lipinski definition) is 3. The standard InChI is InChI=1S/C9H4FN3O/c10-7-2-1-5-8(4-14)12-13-9(5)6(7)3-11/h1-2,4H,(H,12,13). The second-order valence-corrected chi connectivity index (χ2v) is 2.69. The number of rotatable bonds is 1. The van der Waals surface area contributed by atoms with Crippen molar-refractivity contribution in [1.29, 1.82) is 5.26 Å². The molecule has 1 aromatic carbocycles. The van der Waals surface area contributed by atoms with Gasteiger partial charge in [0, 0.05) is 5.39 Å². The molecule has 0 saturated carbocycles. The Balaban J connectivity index is 2.92. The molecule has 1 heterocycles. The maximum absolute atomic E-state index is 13.1. The molecule has 0 aliphatic rings. The molecule has 1 N–H and O–H groups in total. The molecule has 0 bridgehead atoms. The number of aromatic nitrogens is 2. The Kier molecular flexibility index (Phi) is 1.75. The summed E-state index contributed by atoms with van der Waals surface area (Å²) in [6.07, 6.45) is 0.578. The van der Waals surface area contributed by atoms with E-state index in [1.807, 2.05) is 0 Å². The predicted octanol–water partition coefficient (Wildman–Crippen LogP) is 1.39. The molecular weight excluding hydrogens is 185 g/mol. The van der Waals surface area contributed by atoms with Gasteiger partial charge in [0.1, 0.15) is 28.7 Å². The van der Waals surface area contributed by atoms with Crippen LogP contribution in [0.2, 0.25) is 0 Å². The van der Waals surface area contributed by atoms with Gasteiger partial charge in [-0.3, -0.25) is 9.89 Å². The van der Waals surface area contributed by atoms with Gasteiger partial charge in [-0.1, -0.05) is 0 Å². The van der Waals surface area contributed by atoms with E-state index in [2.05, 4.69) is 10.2 Å². The van der Waals surface area contributed by atoms with Crippen molar-refractivity contribution in [3.05, 3.63) is 29.2 Å². The summed E-state index contributed by atoms with van der Waals surface area (Å²) < 4.78 is 13.1. The molecule has 0 spiro atoms. The van der Waals surface area contributed by atoms with Crippen LogP contribution in [-0.4, -0.2) is 16.5 Å². The van der Waals surface area contributed by atoms with E-state index in [0.29, 0.717) is 11.7 Å². The van der Waals surface area contributed by atoms with Gasteiger partial charge in [0.25, 0.3) is 0 Å². The first-order chi connectivity index (χ1) is 6.77. The summed E-state index contributed by atoms with van der Waals surface area (Å²) >= 11 is 0. The number of nitrogens with one attached hydrogen (secondary N) is 1. The van der Waals surface area contributed by atoms with Gasteiger partial charge in [-0.25, -0.2) is 4.39 Å². The van der Waals surface area contributed by atoms with E-state index < -0.39 is 5.82 Å². The number of carbonyl (C=O) groups is 1.